The van der Waals surface area contributed by atoms with Gasteiger partial charge in [-0.05, 0) is 86.4 Å². The van der Waals surface area contributed by atoms with Gasteiger partial charge in [0, 0.05) is 43.0 Å². The SMILES string of the molecule is CC1CCN(c2ccc([C@@H](C)NS(=O)(=O)c3ccc4c(c3)CCN4C(=O)C3CC3)cc2)CC1. The van der Waals surface area contributed by atoms with Gasteiger partial charge in [-0.3, -0.25) is 4.79 Å². The van der Waals surface area contributed by atoms with Crippen molar-refractivity contribution in [3.05, 3.63) is 53.6 Å². The molecular formula is C26H33N3O3S. The number of sulfonamides is 1. The molecule has 7 heteroatoms. The Morgan fingerprint density at radius 1 is 1.00 bits per heavy atom. The summed E-state index contributed by atoms with van der Waals surface area (Å²) < 4.78 is 29.0. The van der Waals surface area contributed by atoms with E-state index >= 15 is 0 Å². The molecule has 2 fully saturated rings. The minimum atomic E-state index is -3.67. The number of hydrogen-bond donors (Lipinski definition) is 1. The molecule has 1 saturated carbocycles. The largest absolute Gasteiger partial charge is 0.372 e. The standard InChI is InChI=1S/C26H33N3O3S/c1-18-11-14-28(15-12-18)23-7-5-20(6-8-23)19(2)27-33(31,32)24-9-10-25-22(17-24)13-16-29(25)26(30)21-3-4-21/h5-10,17-19,21,27H,3-4,11-16H2,1-2H3/t19-/m1/s1. The van der Waals surface area contributed by atoms with Gasteiger partial charge in [-0.25, -0.2) is 13.1 Å². The van der Waals surface area contributed by atoms with Crippen molar-refractivity contribution in [1.29, 1.82) is 0 Å². The first-order valence-electron chi connectivity index (χ1n) is 12.1. The van der Waals surface area contributed by atoms with Crippen molar-refractivity contribution in [3.8, 4) is 0 Å². The van der Waals surface area contributed by atoms with Crippen molar-refractivity contribution >= 4 is 27.3 Å². The second kappa shape index (κ2) is 8.76. The molecule has 2 aliphatic heterocycles. The van der Waals surface area contributed by atoms with Crippen LogP contribution in [0.4, 0.5) is 11.4 Å². The third kappa shape index (κ3) is 4.66. The van der Waals surface area contributed by atoms with Crippen LogP contribution in [0.25, 0.3) is 0 Å². The summed E-state index contributed by atoms with van der Waals surface area (Å²) in [6.45, 7) is 6.97. The molecule has 1 amide bonds. The summed E-state index contributed by atoms with van der Waals surface area (Å²) in [6.07, 6.45) is 5.06. The first-order valence-corrected chi connectivity index (χ1v) is 13.6. The summed E-state index contributed by atoms with van der Waals surface area (Å²) in [7, 11) is -3.67. The van der Waals surface area contributed by atoms with Crippen molar-refractivity contribution in [2.24, 2.45) is 11.8 Å². The first-order chi connectivity index (χ1) is 15.8. The van der Waals surface area contributed by atoms with Gasteiger partial charge in [-0.2, -0.15) is 0 Å². The quantitative estimate of drug-likeness (QED) is 0.689. The Kier molecular flexibility index (Phi) is 5.95. The van der Waals surface area contributed by atoms with Gasteiger partial charge in [0.2, 0.25) is 15.9 Å². The van der Waals surface area contributed by atoms with Crippen LogP contribution in [0.3, 0.4) is 0 Å². The van der Waals surface area contributed by atoms with Crippen molar-refractivity contribution < 1.29 is 13.2 Å². The molecule has 0 aromatic heterocycles. The first kappa shape index (κ1) is 22.4. The number of nitrogens with one attached hydrogen (secondary N) is 1. The zero-order valence-electron chi connectivity index (χ0n) is 19.5. The van der Waals surface area contributed by atoms with E-state index in [1.807, 2.05) is 24.0 Å². The molecule has 1 N–H and O–H groups in total. The predicted octanol–water partition coefficient (Wildman–Crippen LogP) is 4.26. The van der Waals surface area contributed by atoms with Gasteiger partial charge < -0.3 is 9.80 Å². The highest BCUT2D eigenvalue weighted by Gasteiger charge is 2.36. The van der Waals surface area contributed by atoms with Crippen LogP contribution in [-0.2, 0) is 21.2 Å². The lowest BCUT2D eigenvalue weighted by Gasteiger charge is -2.32. The van der Waals surface area contributed by atoms with E-state index in [1.54, 1.807) is 18.2 Å². The molecule has 0 unspecified atom stereocenters. The van der Waals surface area contributed by atoms with Crippen LogP contribution in [0.1, 0.15) is 56.7 Å². The second-order valence-corrected chi connectivity index (χ2v) is 11.6. The van der Waals surface area contributed by atoms with Gasteiger partial charge in [0.25, 0.3) is 0 Å². The molecule has 33 heavy (non-hydrogen) atoms. The number of carbonyl (C=O) groups excluding carboxylic acids is 1. The van der Waals surface area contributed by atoms with Crippen molar-refractivity contribution in [1.82, 2.24) is 4.72 Å². The average Bonchev–Trinajstić information content (AvgIpc) is 3.58. The maximum atomic E-state index is 13.1. The summed E-state index contributed by atoms with van der Waals surface area (Å²) >= 11 is 0. The Morgan fingerprint density at radius 2 is 1.70 bits per heavy atom. The molecule has 5 rings (SSSR count). The van der Waals surface area contributed by atoms with Crippen LogP contribution in [0.5, 0.6) is 0 Å². The summed E-state index contributed by atoms with van der Waals surface area (Å²) in [5.41, 5.74) is 3.93. The van der Waals surface area contributed by atoms with E-state index in [2.05, 4.69) is 28.7 Å². The minimum absolute atomic E-state index is 0.159. The number of anilines is 2. The Hall–Kier alpha value is -2.38. The number of carbonyl (C=O) groups is 1. The molecule has 0 spiro atoms. The maximum absolute atomic E-state index is 13.1. The van der Waals surface area contributed by atoms with E-state index in [0.29, 0.717) is 13.0 Å². The normalized spacial score (nSPS) is 20.1. The Bertz CT molecular complexity index is 1130. The fourth-order valence-electron chi connectivity index (χ4n) is 4.93. The molecule has 176 valence electrons. The Morgan fingerprint density at radius 3 is 2.36 bits per heavy atom. The van der Waals surface area contributed by atoms with E-state index in [1.165, 1.54) is 18.5 Å². The van der Waals surface area contributed by atoms with Gasteiger partial charge in [-0.15, -0.1) is 0 Å². The molecule has 2 heterocycles. The van der Waals surface area contributed by atoms with Crippen molar-refractivity contribution in [2.75, 3.05) is 29.4 Å². The lowest BCUT2D eigenvalue weighted by Crippen LogP contribution is -2.32. The molecule has 1 atom stereocenters. The Balaban J connectivity index is 1.26. The second-order valence-electron chi connectivity index (χ2n) is 9.91. The monoisotopic (exact) mass is 467 g/mol. The molecule has 2 aromatic carbocycles. The van der Waals surface area contributed by atoms with Crippen molar-refractivity contribution in [3.63, 3.8) is 0 Å². The number of piperidine rings is 1. The number of fused-ring (bicyclic) bond motifs is 1. The van der Waals surface area contributed by atoms with Gasteiger partial charge in [-0.1, -0.05) is 19.1 Å². The number of benzene rings is 2. The van der Waals surface area contributed by atoms with Crippen LogP contribution in [0.15, 0.2) is 47.4 Å². The molecule has 1 aliphatic carbocycles. The lowest BCUT2D eigenvalue weighted by atomic mass is 9.98. The molecule has 1 saturated heterocycles. The molecular weight excluding hydrogens is 434 g/mol. The lowest BCUT2D eigenvalue weighted by molar-refractivity contribution is -0.119. The minimum Gasteiger partial charge on any atom is -0.372 e. The topological polar surface area (TPSA) is 69.7 Å². The number of nitrogens with zero attached hydrogens (tertiary/aromatic N) is 2. The summed E-state index contributed by atoms with van der Waals surface area (Å²) in [5, 5.41) is 0. The molecule has 6 nitrogen and oxygen atoms in total. The maximum Gasteiger partial charge on any atom is 0.241 e. The van der Waals surface area contributed by atoms with Crippen molar-refractivity contribution in [2.45, 2.75) is 56.9 Å². The predicted molar refractivity (Wildman–Crippen MR) is 131 cm³/mol. The van der Waals surface area contributed by atoms with Gasteiger partial charge >= 0.3 is 0 Å². The zero-order valence-corrected chi connectivity index (χ0v) is 20.3. The zero-order chi connectivity index (χ0) is 23.2. The van der Waals surface area contributed by atoms with E-state index in [-0.39, 0.29) is 22.8 Å². The van der Waals surface area contributed by atoms with Crippen LogP contribution in [0, 0.1) is 11.8 Å². The molecule has 0 radical (unpaired) electrons. The number of hydrogen-bond acceptors (Lipinski definition) is 4. The van der Waals surface area contributed by atoms with Crippen LogP contribution in [0.2, 0.25) is 0 Å². The third-order valence-electron chi connectivity index (χ3n) is 7.32. The number of rotatable bonds is 6. The third-order valence-corrected chi connectivity index (χ3v) is 8.86. The summed E-state index contributed by atoms with van der Waals surface area (Å²) in [4.78, 5) is 17.0. The van der Waals surface area contributed by atoms with Gasteiger partial charge in [0.1, 0.15) is 0 Å². The highest BCUT2D eigenvalue weighted by atomic mass is 32.2. The van der Waals surface area contributed by atoms with E-state index in [0.717, 1.165) is 48.7 Å². The highest BCUT2D eigenvalue weighted by molar-refractivity contribution is 7.89. The van der Waals surface area contributed by atoms with Crippen LogP contribution >= 0.6 is 0 Å². The fraction of sp³-hybridized carbons (Fsp3) is 0.500. The summed E-state index contributed by atoms with van der Waals surface area (Å²) in [5.74, 6) is 1.13. The van der Waals surface area contributed by atoms with E-state index in [9.17, 15) is 13.2 Å². The summed E-state index contributed by atoms with van der Waals surface area (Å²) in [6, 6.07) is 13.0. The number of amides is 1. The molecule has 0 bridgehead atoms. The highest BCUT2D eigenvalue weighted by Crippen LogP contribution is 2.37. The molecule has 3 aliphatic rings. The smallest absolute Gasteiger partial charge is 0.241 e. The molecule has 2 aromatic rings. The Labute approximate surface area is 197 Å². The van der Waals surface area contributed by atoms with E-state index < -0.39 is 10.0 Å². The fourth-order valence-corrected chi connectivity index (χ4v) is 6.22. The van der Waals surface area contributed by atoms with E-state index in [4.69, 9.17) is 0 Å². The average molecular weight is 468 g/mol. The van der Waals surface area contributed by atoms with Crippen LogP contribution < -0.4 is 14.5 Å². The van der Waals surface area contributed by atoms with Gasteiger partial charge in [0.15, 0.2) is 0 Å². The van der Waals surface area contributed by atoms with Gasteiger partial charge in [0.05, 0.1) is 4.90 Å². The van der Waals surface area contributed by atoms with Crippen LogP contribution in [-0.4, -0.2) is 34.0 Å².